The molecule has 1 aliphatic rings. The zero-order chi connectivity index (χ0) is 33.4. The van der Waals surface area contributed by atoms with E-state index in [1.165, 1.54) is 24.3 Å². The monoisotopic (exact) mass is 671 g/mol. The maximum absolute atomic E-state index is 14.6. The summed E-state index contributed by atoms with van der Waals surface area (Å²) < 4.78 is 29.5. The number of amides is 2. The van der Waals surface area contributed by atoms with Crippen LogP contribution in [0.1, 0.15) is 54.4 Å². The van der Waals surface area contributed by atoms with Crippen molar-refractivity contribution in [3.8, 4) is 0 Å². The maximum atomic E-state index is 14.6. The first-order valence-electron chi connectivity index (χ1n) is 16.1. The first-order valence-corrected chi connectivity index (χ1v) is 18.0. The molecule has 1 fully saturated rings. The highest BCUT2D eigenvalue weighted by molar-refractivity contribution is 7.92. The van der Waals surface area contributed by atoms with Crippen molar-refractivity contribution in [2.45, 2.75) is 75.9 Å². The van der Waals surface area contributed by atoms with Crippen molar-refractivity contribution in [1.82, 2.24) is 10.2 Å². The van der Waals surface area contributed by atoms with E-state index in [1.807, 2.05) is 80.6 Å². The highest BCUT2D eigenvalue weighted by Crippen LogP contribution is 2.27. The number of sulfonamides is 1. The number of anilines is 1. The van der Waals surface area contributed by atoms with Gasteiger partial charge in [-0.15, -0.1) is 0 Å². The van der Waals surface area contributed by atoms with E-state index in [4.69, 9.17) is 11.6 Å². The molecular weight excluding hydrogens is 630 g/mol. The SMILES string of the molecule is Cc1ccc(CN(C(=O)CN(c2ccc(C)cc2)S(=O)(=O)c2ccc(Cl)cc2)[C@@H](Cc2ccccc2)C(=O)NC2CCCCC2)cc1. The second-order valence-electron chi connectivity index (χ2n) is 12.4. The summed E-state index contributed by atoms with van der Waals surface area (Å²) in [5.74, 6) is -0.716. The number of halogens is 1. The Balaban J connectivity index is 1.55. The first-order chi connectivity index (χ1) is 22.6. The Bertz CT molecular complexity index is 1740. The predicted octanol–water partition coefficient (Wildman–Crippen LogP) is 7.24. The Morgan fingerprint density at radius 2 is 1.38 bits per heavy atom. The van der Waals surface area contributed by atoms with Crippen LogP contribution in [0.5, 0.6) is 0 Å². The average molecular weight is 672 g/mol. The zero-order valence-electron chi connectivity index (χ0n) is 26.9. The lowest BCUT2D eigenvalue weighted by atomic mass is 9.94. The fourth-order valence-corrected chi connectivity index (χ4v) is 7.50. The molecule has 0 unspecified atom stereocenters. The number of aryl methyl sites for hydroxylation is 2. The van der Waals surface area contributed by atoms with Gasteiger partial charge in [-0.05, 0) is 74.2 Å². The summed E-state index contributed by atoms with van der Waals surface area (Å²) in [6.45, 7) is 3.54. The molecule has 0 aromatic heterocycles. The number of nitrogens with zero attached hydrogens (tertiary/aromatic N) is 2. The standard InChI is InChI=1S/C38H42ClN3O4S/c1-28-13-17-31(18-14-28)26-41(36(25-30-9-5-3-6-10-30)38(44)40-33-11-7-4-8-12-33)37(43)27-42(34-21-15-29(2)16-22-34)47(45,46)35-23-19-32(39)20-24-35/h3,5-6,9-10,13-24,33,36H,4,7-8,11-12,25-27H2,1-2H3,(H,40,44)/t36-/m0/s1. The fourth-order valence-electron chi connectivity index (χ4n) is 5.96. The van der Waals surface area contributed by atoms with E-state index < -0.39 is 28.5 Å². The van der Waals surface area contributed by atoms with Gasteiger partial charge in [-0.25, -0.2) is 8.42 Å². The molecule has 1 N–H and O–H groups in total. The van der Waals surface area contributed by atoms with Gasteiger partial charge in [0.05, 0.1) is 10.6 Å². The quantitative estimate of drug-likeness (QED) is 0.172. The van der Waals surface area contributed by atoms with Gasteiger partial charge in [-0.3, -0.25) is 13.9 Å². The molecule has 0 spiro atoms. The minimum absolute atomic E-state index is 0.0104. The summed E-state index contributed by atoms with van der Waals surface area (Å²) in [4.78, 5) is 30.4. The second kappa shape index (κ2) is 15.6. The fraction of sp³-hybridized carbons (Fsp3) is 0.316. The third kappa shape index (κ3) is 9.02. The second-order valence-corrected chi connectivity index (χ2v) is 14.7. The van der Waals surface area contributed by atoms with Gasteiger partial charge in [0.25, 0.3) is 10.0 Å². The van der Waals surface area contributed by atoms with Crippen LogP contribution in [0.25, 0.3) is 0 Å². The van der Waals surface area contributed by atoms with Gasteiger partial charge < -0.3 is 10.2 Å². The Hall–Kier alpha value is -4.14. The summed E-state index contributed by atoms with van der Waals surface area (Å²) in [6.07, 6.45) is 5.33. The minimum Gasteiger partial charge on any atom is -0.352 e. The molecule has 0 aliphatic heterocycles. The highest BCUT2D eigenvalue weighted by atomic mass is 35.5. The third-order valence-corrected chi connectivity index (χ3v) is 10.7. The Morgan fingerprint density at radius 3 is 2.00 bits per heavy atom. The lowest BCUT2D eigenvalue weighted by Gasteiger charge is -2.35. The van der Waals surface area contributed by atoms with Gasteiger partial charge in [-0.2, -0.15) is 0 Å². The van der Waals surface area contributed by atoms with Gasteiger partial charge in [0.15, 0.2) is 0 Å². The molecular formula is C38H42ClN3O4S. The molecule has 1 saturated carbocycles. The molecule has 5 rings (SSSR count). The summed E-state index contributed by atoms with van der Waals surface area (Å²) in [6, 6.07) is 29.5. The number of rotatable bonds is 12. The van der Waals surface area contributed by atoms with Crippen molar-refractivity contribution in [3.63, 3.8) is 0 Å². The topological polar surface area (TPSA) is 86.8 Å². The number of hydrogen-bond acceptors (Lipinski definition) is 4. The van der Waals surface area contributed by atoms with Crippen LogP contribution in [0.3, 0.4) is 0 Å². The Morgan fingerprint density at radius 1 is 0.787 bits per heavy atom. The lowest BCUT2D eigenvalue weighted by molar-refractivity contribution is -0.140. The molecule has 7 nitrogen and oxygen atoms in total. The van der Waals surface area contributed by atoms with Crippen LogP contribution in [0.2, 0.25) is 5.02 Å². The van der Waals surface area contributed by atoms with Gasteiger partial charge in [-0.1, -0.05) is 109 Å². The van der Waals surface area contributed by atoms with E-state index in [0.717, 1.165) is 58.7 Å². The van der Waals surface area contributed by atoms with Crippen molar-refractivity contribution < 1.29 is 18.0 Å². The molecule has 0 radical (unpaired) electrons. The molecule has 4 aromatic carbocycles. The van der Waals surface area contributed by atoms with E-state index in [2.05, 4.69) is 5.32 Å². The number of nitrogens with one attached hydrogen (secondary N) is 1. The smallest absolute Gasteiger partial charge is 0.264 e. The van der Waals surface area contributed by atoms with Gasteiger partial charge >= 0.3 is 0 Å². The summed E-state index contributed by atoms with van der Waals surface area (Å²) in [5.41, 5.74) is 4.12. The van der Waals surface area contributed by atoms with E-state index in [1.54, 1.807) is 17.0 Å². The number of carbonyl (C=O) groups excluding carboxylic acids is 2. The van der Waals surface area contributed by atoms with Gasteiger partial charge in [0.1, 0.15) is 12.6 Å². The lowest BCUT2D eigenvalue weighted by Crippen LogP contribution is -2.55. The summed E-state index contributed by atoms with van der Waals surface area (Å²) in [7, 11) is -4.19. The Kier molecular flexibility index (Phi) is 11.4. The molecule has 246 valence electrons. The van der Waals surface area contributed by atoms with Crippen LogP contribution in [-0.4, -0.2) is 43.8 Å². The molecule has 2 amide bonds. The number of hydrogen-bond donors (Lipinski definition) is 1. The summed E-state index contributed by atoms with van der Waals surface area (Å²) >= 11 is 6.08. The molecule has 0 saturated heterocycles. The van der Waals surface area contributed by atoms with Crippen molar-refractivity contribution in [2.75, 3.05) is 10.8 Å². The van der Waals surface area contributed by atoms with Crippen molar-refractivity contribution >= 4 is 39.1 Å². The molecule has 47 heavy (non-hydrogen) atoms. The molecule has 9 heteroatoms. The van der Waals surface area contributed by atoms with E-state index >= 15 is 0 Å². The van der Waals surface area contributed by atoms with Crippen LogP contribution < -0.4 is 9.62 Å². The Labute approximate surface area is 283 Å². The van der Waals surface area contributed by atoms with Crippen molar-refractivity contribution in [1.29, 1.82) is 0 Å². The number of benzene rings is 4. The summed E-state index contributed by atoms with van der Waals surface area (Å²) in [5, 5.41) is 3.65. The molecule has 1 atom stereocenters. The molecule has 1 aliphatic carbocycles. The van der Waals surface area contributed by atoms with Crippen LogP contribution in [0.4, 0.5) is 5.69 Å². The molecule has 0 heterocycles. The number of carbonyl (C=O) groups is 2. The van der Waals surface area contributed by atoms with Crippen molar-refractivity contribution in [2.24, 2.45) is 0 Å². The van der Waals surface area contributed by atoms with E-state index in [0.29, 0.717) is 10.7 Å². The van der Waals surface area contributed by atoms with Crippen LogP contribution in [0.15, 0.2) is 108 Å². The molecule has 4 aromatic rings. The average Bonchev–Trinajstić information content (AvgIpc) is 3.07. The van der Waals surface area contributed by atoms with Gasteiger partial charge in [0.2, 0.25) is 11.8 Å². The van der Waals surface area contributed by atoms with Crippen molar-refractivity contribution in [3.05, 3.63) is 130 Å². The largest absolute Gasteiger partial charge is 0.352 e. The predicted molar refractivity (Wildman–Crippen MR) is 188 cm³/mol. The van der Waals surface area contributed by atoms with E-state index in [9.17, 15) is 18.0 Å². The zero-order valence-corrected chi connectivity index (χ0v) is 28.5. The molecule has 0 bridgehead atoms. The normalized spacial score (nSPS) is 14.3. The van der Waals surface area contributed by atoms with E-state index in [-0.39, 0.29) is 29.8 Å². The third-order valence-electron chi connectivity index (χ3n) is 8.70. The van der Waals surface area contributed by atoms with Crippen LogP contribution in [0, 0.1) is 13.8 Å². The first kappa shape index (κ1) is 34.2. The van der Waals surface area contributed by atoms with Crippen LogP contribution >= 0.6 is 11.6 Å². The minimum atomic E-state index is -4.19. The van der Waals surface area contributed by atoms with Gasteiger partial charge in [0, 0.05) is 24.0 Å². The van der Waals surface area contributed by atoms with Crippen LogP contribution in [-0.2, 0) is 32.6 Å². The maximum Gasteiger partial charge on any atom is 0.264 e. The highest BCUT2D eigenvalue weighted by Gasteiger charge is 2.35.